The third-order valence-electron chi connectivity index (χ3n) is 3.61. The second kappa shape index (κ2) is 3.71. The Morgan fingerprint density at radius 1 is 1.36 bits per heavy atom. The van der Waals surface area contributed by atoms with Crippen LogP contribution in [0.15, 0.2) is 0 Å². The molecule has 3 atom stereocenters. The highest BCUT2D eigenvalue weighted by Gasteiger charge is 2.39. The lowest BCUT2D eigenvalue weighted by Gasteiger charge is -2.40. The van der Waals surface area contributed by atoms with Gasteiger partial charge in [-0.25, -0.2) is 0 Å². The first-order valence-electron chi connectivity index (χ1n) is 5.48. The van der Waals surface area contributed by atoms with Gasteiger partial charge in [0.1, 0.15) is 5.78 Å². The maximum atomic E-state index is 11.4. The predicted octanol–water partition coefficient (Wildman–Crippen LogP) is 1.27. The van der Waals surface area contributed by atoms with E-state index in [4.69, 9.17) is 0 Å². The molecule has 1 amide bonds. The zero-order chi connectivity index (χ0) is 10.1. The molecule has 1 saturated heterocycles. The molecule has 2 aliphatic rings. The van der Waals surface area contributed by atoms with Crippen LogP contribution < -0.4 is 5.32 Å². The number of rotatable bonds is 1. The van der Waals surface area contributed by atoms with E-state index in [2.05, 4.69) is 5.32 Å². The minimum atomic E-state index is -0.00551. The topological polar surface area (TPSA) is 46.2 Å². The highest BCUT2D eigenvalue weighted by molar-refractivity contribution is 5.87. The molecule has 0 spiro atoms. The molecule has 3 nitrogen and oxygen atoms in total. The molecule has 3 unspecified atom stereocenters. The van der Waals surface area contributed by atoms with Crippen LogP contribution in [-0.4, -0.2) is 17.7 Å². The zero-order valence-corrected chi connectivity index (χ0v) is 8.58. The molecule has 2 fully saturated rings. The average Bonchev–Trinajstić information content (AvgIpc) is 2.16. The molecule has 0 aromatic heterocycles. The highest BCUT2D eigenvalue weighted by Crippen LogP contribution is 2.35. The van der Waals surface area contributed by atoms with Crippen molar-refractivity contribution < 1.29 is 9.59 Å². The smallest absolute Gasteiger partial charge is 0.220 e. The van der Waals surface area contributed by atoms with Crippen LogP contribution in [0.5, 0.6) is 0 Å². The molecular weight excluding hydrogens is 178 g/mol. The summed E-state index contributed by atoms with van der Waals surface area (Å²) in [4.78, 5) is 22.8. The molecule has 0 bridgehead atoms. The Morgan fingerprint density at radius 3 is 2.79 bits per heavy atom. The number of hydrogen-bond donors (Lipinski definition) is 1. The summed E-state index contributed by atoms with van der Waals surface area (Å²) in [6.45, 7) is 1.62. The van der Waals surface area contributed by atoms with Gasteiger partial charge in [-0.3, -0.25) is 9.59 Å². The standard InChI is InChI=1S/C11H17NO2/c1-7(13)9-6-11(14)12-10-5-3-2-4-8(9)10/h8-10H,2-6H2,1H3,(H,12,14). The van der Waals surface area contributed by atoms with Crippen LogP contribution in [0.3, 0.4) is 0 Å². The summed E-state index contributed by atoms with van der Waals surface area (Å²) in [7, 11) is 0. The zero-order valence-electron chi connectivity index (χ0n) is 8.58. The lowest BCUT2D eigenvalue weighted by molar-refractivity contribution is -0.135. The van der Waals surface area contributed by atoms with Gasteiger partial charge >= 0.3 is 0 Å². The number of fused-ring (bicyclic) bond motifs is 1. The van der Waals surface area contributed by atoms with Gasteiger partial charge in [-0.1, -0.05) is 12.8 Å². The number of Topliss-reactive ketones (excluding diaryl/α,β-unsaturated/α-hetero) is 1. The molecule has 2 rings (SSSR count). The van der Waals surface area contributed by atoms with Gasteiger partial charge < -0.3 is 5.32 Å². The minimum Gasteiger partial charge on any atom is -0.353 e. The Labute approximate surface area is 84.2 Å². The first kappa shape index (κ1) is 9.69. The van der Waals surface area contributed by atoms with Crippen LogP contribution in [0, 0.1) is 11.8 Å². The molecule has 1 aliphatic heterocycles. The lowest BCUT2D eigenvalue weighted by atomic mass is 9.71. The Bertz CT molecular complexity index is 260. The van der Waals surface area contributed by atoms with E-state index < -0.39 is 0 Å². The van der Waals surface area contributed by atoms with Crippen molar-refractivity contribution in [2.45, 2.75) is 45.1 Å². The van der Waals surface area contributed by atoms with Gasteiger partial charge in [0, 0.05) is 18.4 Å². The second-order valence-electron chi connectivity index (χ2n) is 4.54. The van der Waals surface area contributed by atoms with Gasteiger partial charge in [-0.05, 0) is 25.7 Å². The molecule has 0 aromatic rings. The minimum absolute atomic E-state index is 0.00551. The molecule has 3 heteroatoms. The fourth-order valence-electron chi connectivity index (χ4n) is 2.88. The first-order valence-corrected chi connectivity index (χ1v) is 5.48. The van der Waals surface area contributed by atoms with Crippen molar-refractivity contribution in [3.63, 3.8) is 0 Å². The van der Waals surface area contributed by atoms with Crippen molar-refractivity contribution in [1.29, 1.82) is 0 Å². The van der Waals surface area contributed by atoms with Gasteiger partial charge in [-0.15, -0.1) is 0 Å². The van der Waals surface area contributed by atoms with Gasteiger partial charge in [0.2, 0.25) is 5.91 Å². The third kappa shape index (κ3) is 1.68. The van der Waals surface area contributed by atoms with E-state index in [0.29, 0.717) is 12.3 Å². The van der Waals surface area contributed by atoms with Gasteiger partial charge in [-0.2, -0.15) is 0 Å². The Kier molecular flexibility index (Phi) is 2.57. The number of nitrogens with one attached hydrogen (secondary N) is 1. The summed E-state index contributed by atoms with van der Waals surface area (Å²) in [6, 6.07) is 0.277. The molecule has 0 radical (unpaired) electrons. The van der Waals surface area contributed by atoms with Gasteiger partial charge in [0.05, 0.1) is 0 Å². The van der Waals surface area contributed by atoms with Crippen molar-refractivity contribution in [1.82, 2.24) is 5.32 Å². The van der Waals surface area contributed by atoms with Crippen molar-refractivity contribution >= 4 is 11.7 Å². The van der Waals surface area contributed by atoms with E-state index in [9.17, 15) is 9.59 Å². The van der Waals surface area contributed by atoms with Crippen molar-refractivity contribution in [3.8, 4) is 0 Å². The highest BCUT2D eigenvalue weighted by atomic mass is 16.2. The Balaban J connectivity index is 2.14. The number of hydrogen-bond acceptors (Lipinski definition) is 2. The monoisotopic (exact) mass is 195 g/mol. The largest absolute Gasteiger partial charge is 0.353 e. The van der Waals surface area contributed by atoms with Crippen molar-refractivity contribution in [2.24, 2.45) is 11.8 Å². The van der Waals surface area contributed by atoms with Gasteiger partial charge in [0.15, 0.2) is 0 Å². The molecular formula is C11H17NO2. The normalized spacial score (nSPS) is 37.2. The summed E-state index contributed by atoms with van der Waals surface area (Å²) in [5.41, 5.74) is 0. The summed E-state index contributed by atoms with van der Waals surface area (Å²) in [6.07, 6.45) is 4.97. The SMILES string of the molecule is CC(=O)C1CC(=O)NC2CCCCC21. The van der Waals surface area contributed by atoms with E-state index >= 15 is 0 Å². The number of carbonyl (C=O) groups is 2. The van der Waals surface area contributed by atoms with Crippen molar-refractivity contribution in [3.05, 3.63) is 0 Å². The number of piperidine rings is 1. The number of ketones is 1. The summed E-state index contributed by atoms with van der Waals surface area (Å²) in [5.74, 6) is 0.665. The van der Waals surface area contributed by atoms with Crippen LogP contribution in [0.4, 0.5) is 0 Å². The quantitative estimate of drug-likeness (QED) is 0.685. The molecule has 1 saturated carbocycles. The van der Waals surface area contributed by atoms with E-state index in [-0.39, 0.29) is 23.7 Å². The molecule has 1 N–H and O–H groups in total. The molecule has 14 heavy (non-hydrogen) atoms. The number of carbonyl (C=O) groups excluding carboxylic acids is 2. The third-order valence-corrected chi connectivity index (χ3v) is 3.61. The summed E-state index contributed by atoms with van der Waals surface area (Å²) in [5, 5.41) is 3.01. The maximum absolute atomic E-state index is 11.4. The predicted molar refractivity (Wildman–Crippen MR) is 52.7 cm³/mol. The Morgan fingerprint density at radius 2 is 2.07 bits per heavy atom. The fraction of sp³-hybridized carbons (Fsp3) is 0.818. The van der Waals surface area contributed by atoms with Crippen LogP contribution in [0.1, 0.15) is 39.0 Å². The van der Waals surface area contributed by atoms with Crippen molar-refractivity contribution in [2.75, 3.05) is 0 Å². The molecule has 78 valence electrons. The molecule has 1 heterocycles. The first-order chi connectivity index (χ1) is 6.68. The fourth-order valence-corrected chi connectivity index (χ4v) is 2.88. The molecule has 1 aliphatic carbocycles. The maximum Gasteiger partial charge on any atom is 0.220 e. The van der Waals surface area contributed by atoms with Crippen LogP contribution in [0.2, 0.25) is 0 Å². The van der Waals surface area contributed by atoms with Crippen LogP contribution in [-0.2, 0) is 9.59 Å². The lowest BCUT2D eigenvalue weighted by Crippen LogP contribution is -2.52. The summed E-state index contributed by atoms with van der Waals surface area (Å²) >= 11 is 0. The van der Waals surface area contributed by atoms with E-state index in [0.717, 1.165) is 12.8 Å². The Hall–Kier alpha value is -0.860. The van der Waals surface area contributed by atoms with E-state index in [1.807, 2.05) is 0 Å². The van der Waals surface area contributed by atoms with Crippen LogP contribution >= 0.6 is 0 Å². The second-order valence-corrected chi connectivity index (χ2v) is 4.54. The average molecular weight is 195 g/mol. The number of amides is 1. The molecule has 0 aromatic carbocycles. The van der Waals surface area contributed by atoms with Gasteiger partial charge in [0.25, 0.3) is 0 Å². The van der Waals surface area contributed by atoms with E-state index in [1.54, 1.807) is 6.92 Å². The van der Waals surface area contributed by atoms with E-state index in [1.165, 1.54) is 12.8 Å². The van der Waals surface area contributed by atoms with Crippen LogP contribution in [0.25, 0.3) is 0 Å². The summed E-state index contributed by atoms with van der Waals surface area (Å²) < 4.78 is 0.